The Balaban J connectivity index is 2.07. The minimum Gasteiger partial charge on any atom is -0.395 e. The first kappa shape index (κ1) is 16.0. The summed E-state index contributed by atoms with van der Waals surface area (Å²) in [5, 5.41) is 8.72. The number of nitrogens with zero attached hydrogens (tertiary/aromatic N) is 1. The summed E-state index contributed by atoms with van der Waals surface area (Å²) >= 11 is 0. The molecule has 0 aliphatic carbocycles. The van der Waals surface area contributed by atoms with Crippen molar-refractivity contribution in [1.82, 2.24) is 4.90 Å². The normalized spacial score (nSPS) is 22.7. The smallest absolute Gasteiger partial charge is 0.124 e. The van der Waals surface area contributed by atoms with E-state index in [-0.39, 0.29) is 24.6 Å². The molecule has 2 rings (SSSR count). The Labute approximate surface area is 125 Å². The molecule has 1 aromatic rings. The van der Waals surface area contributed by atoms with Crippen LogP contribution in [-0.2, 0) is 11.3 Å². The standard InChI is InChI=1S/C17H22FNO2/c1-13-10-19(11-14(2)21-13)12-16-7-15(5-3-4-6-20)8-17(18)9-16/h7-9,13-14,20H,4,6,10-12H2,1-2H3/t13-,14+. The molecule has 1 heterocycles. The predicted octanol–water partition coefficient (Wildman–Crippen LogP) is 2.17. The van der Waals surface area contributed by atoms with Crippen LogP contribution in [0.4, 0.5) is 4.39 Å². The molecule has 2 atom stereocenters. The molecule has 1 N–H and O–H groups in total. The lowest BCUT2D eigenvalue weighted by Crippen LogP contribution is -2.44. The highest BCUT2D eigenvalue weighted by Gasteiger charge is 2.22. The number of aliphatic hydroxyl groups excluding tert-OH is 1. The van der Waals surface area contributed by atoms with Crippen LogP contribution in [0.3, 0.4) is 0 Å². The molecule has 1 aliphatic heterocycles. The van der Waals surface area contributed by atoms with Gasteiger partial charge in [0.15, 0.2) is 0 Å². The van der Waals surface area contributed by atoms with Crippen molar-refractivity contribution in [2.45, 2.75) is 39.0 Å². The van der Waals surface area contributed by atoms with Crippen molar-refractivity contribution in [3.63, 3.8) is 0 Å². The Morgan fingerprint density at radius 2 is 2.00 bits per heavy atom. The Morgan fingerprint density at radius 3 is 2.67 bits per heavy atom. The van der Waals surface area contributed by atoms with Gasteiger partial charge in [0.25, 0.3) is 0 Å². The van der Waals surface area contributed by atoms with E-state index in [0.29, 0.717) is 18.5 Å². The van der Waals surface area contributed by atoms with Crippen LogP contribution >= 0.6 is 0 Å². The van der Waals surface area contributed by atoms with E-state index in [1.807, 2.05) is 6.07 Å². The van der Waals surface area contributed by atoms with Crippen LogP contribution < -0.4 is 0 Å². The van der Waals surface area contributed by atoms with Gasteiger partial charge in [-0.05, 0) is 37.6 Å². The maximum absolute atomic E-state index is 13.7. The van der Waals surface area contributed by atoms with Gasteiger partial charge >= 0.3 is 0 Å². The number of aliphatic hydroxyl groups is 1. The van der Waals surface area contributed by atoms with E-state index >= 15 is 0 Å². The van der Waals surface area contributed by atoms with Crippen LogP contribution in [0.5, 0.6) is 0 Å². The zero-order chi connectivity index (χ0) is 15.2. The second-order valence-electron chi connectivity index (χ2n) is 5.57. The number of hydrogen-bond acceptors (Lipinski definition) is 3. The Bertz CT molecular complexity index is 525. The predicted molar refractivity (Wildman–Crippen MR) is 80.3 cm³/mol. The lowest BCUT2D eigenvalue weighted by atomic mass is 10.1. The van der Waals surface area contributed by atoms with Crippen molar-refractivity contribution in [1.29, 1.82) is 0 Å². The van der Waals surface area contributed by atoms with E-state index in [9.17, 15) is 4.39 Å². The van der Waals surface area contributed by atoms with Crippen LogP contribution in [0.1, 0.15) is 31.4 Å². The quantitative estimate of drug-likeness (QED) is 0.866. The molecule has 0 amide bonds. The topological polar surface area (TPSA) is 32.7 Å². The molecule has 1 fully saturated rings. The number of morpholine rings is 1. The highest BCUT2D eigenvalue weighted by atomic mass is 19.1. The first-order chi connectivity index (χ1) is 10.1. The molecular weight excluding hydrogens is 269 g/mol. The molecule has 0 spiro atoms. The van der Waals surface area contributed by atoms with Crippen LogP contribution in [0, 0.1) is 17.7 Å². The fraction of sp³-hybridized carbons (Fsp3) is 0.529. The number of halogens is 1. The van der Waals surface area contributed by atoms with Crippen LogP contribution in [0.2, 0.25) is 0 Å². The molecule has 4 heteroatoms. The minimum atomic E-state index is -0.268. The van der Waals surface area contributed by atoms with Gasteiger partial charge in [-0.2, -0.15) is 0 Å². The van der Waals surface area contributed by atoms with Gasteiger partial charge in [0.1, 0.15) is 5.82 Å². The summed E-state index contributed by atoms with van der Waals surface area (Å²) in [4.78, 5) is 2.28. The van der Waals surface area contributed by atoms with Crippen LogP contribution in [0.25, 0.3) is 0 Å². The maximum atomic E-state index is 13.7. The molecule has 114 valence electrons. The number of ether oxygens (including phenoxy) is 1. The molecule has 1 aromatic carbocycles. The van der Waals surface area contributed by atoms with E-state index in [0.717, 1.165) is 18.7 Å². The monoisotopic (exact) mass is 291 g/mol. The third-order valence-electron chi connectivity index (χ3n) is 3.33. The summed E-state index contributed by atoms with van der Waals surface area (Å²) in [5.41, 5.74) is 1.58. The molecule has 21 heavy (non-hydrogen) atoms. The number of hydrogen-bond donors (Lipinski definition) is 1. The first-order valence-corrected chi connectivity index (χ1v) is 7.34. The molecule has 3 nitrogen and oxygen atoms in total. The van der Waals surface area contributed by atoms with Crippen molar-refractivity contribution >= 4 is 0 Å². The summed E-state index contributed by atoms with van der Waals surface area (Å²) in [6.45, 7) is 6.54. The molecule has 1 aliphatic rings. The van der Waals surface area contributed by atoms with Gasteiger partial charge in [-0.15, -0.1) is 0 Å². The summed E-state index contributed by atoms with van der Waals surface area (Å²) in [5.74, 6) is 5.44. The van der Waals surface area contributed by atoms with Crippen molar-refractivity contribution in [2.24, 2.45) is 0 Å². The summed E-state index contributed by atoms with van der Waals surface area (Å²) < 4.78 is 19.4. The van der Waals surface area contributed by atoms with Crippen molar-refractivity contribution in [3.05, 3.63) is 35.1 Å². The molecule has 0 radical (unpaired) electrons. The molecule has 0 unspecified atom stereocenters. The lowest BCUT2D eigenvalue weighted by molar-refractivity contribution is -0.0705. The highest BCUT2D eigenvalue weighted by molar-refractivity contribution is 5.37. The molecular formula is C17H22FNO2. The second kappa shape index (κ2) is 7.56. The number of benzene rings is 1. The first-order valence-electron chi connectivity index (χ1n) is 7.34. The number of rotatable bonds is 3. The average Bonchev–Trinajstić information content (AvgIpc) is 2.37. The molecule has 0 bridgehead atoms. The SMILES string of the molecule is C[C@@H]1CN(Cc2cc(F)cc(C#CCCO)c2)C[C@H](C)O1. The molecule has 0 aromatic heterocycles. The van der Waals surface area contributed by atoms with E-state index in [1.165, 1.54) is 6.07 Å². The Morgan fingerprint density at radius 1 is 1.29 bits per heavy atom. The zero-order valence-corrected chi connectivity index (χ0v) is 12.6. The molecule has 0 saturated carbocycles. The summed E-state index contributed by atoms with van der Waals surface area (Å²) in [6, 6.07) is 4.90. The van der Waals surface area contributed by atoms with E-state index in [4.69, 9.17) is 9.84 Å². The van der Waals surface area contributed by atoms with Gasteiger partial charge in [-0.3, -0.25) is 4.90 Å². The third kappa shape index (κ3) is 5.13. The van der Waals surface area contributed by atoms with Gasteiger partial charge in [-0.25, -0.2) is 4.39 Å². The third-order valence-corrected chi connectivity index (χ3v) is 3.33. The van der Waals surface area contributed by atoms with Gasteiger partial charge in [0.2, 0.25) is 0 Å². The van der Waals surface area contributed by atoms with E-state index in [2.05, 4.69) is 30.6 Å². The van der Waals surface area contributed by atoms with Crippen molar-refractivity contribution in [3.8, 4) is 11.8 Å². The fourth-order valence-electron chi connectivity index (χ4n) is 2.71. The van der Waals surface area contributed by atoms with Crippen LogP contribution in [0.15, 0.2) is 18.2 Å². The van der Waals surface area contributed by atoms with Gasteiger partial charge in [0, 0.05) is 31.6 Å². The van der Waals surface area contributed by atoms with E-state index in [1.54, 1.807) is 6.07 Å². The average molecular weight is 291 g/mol. The summed E-state index contributed by atoms with van der Waals surface area (Å²) in [6.07, 6.45) is 0.807. The van der Waals surface area contributed by atoms with Gasteiger partial charge in [-0.1, -0.05) is 11.8 Å². The second-order valence-corrected chi connectivity index (χ2v) is 5.57. The van der Waals surface area contributed by atoms with Crippen molar-refractivity contribution in [2.75, 3.05) is 19.7 Å². The van der Waals surface area contributed by atoms with Crippen LogP contribution in [-0.4, -0.2) is 41.9 Å². The minimum absolute atomic E-state index is 0.0265. The van der Waals surface area contributed by atoms with Gasteiger partial charge < -0.3 is 9.84 Å². The molecule has 1 saturated heterocycles. The Hall–Kier alpha value is -1.41. The van der Waals surface area contributed by atoms with E-state index < -0.39 is 0 Å². The van der Waals surface area contributed by atoms with Gasteiger partial charge in [0.05, 0.1) is 18.8 Å². The lowest BCUT2D eigenvalue weighted by Gasteiger charge is -2.35. The largest absolute Gasteiger partial charge is 0.395 e. The Kier molecular flexibility index (Phi) is 5.75. The highest BCUT2D eigenvalue weighted by Crippen LogP contribution is 2.16. The maximum Gasteiger partial charge on any atom is 0.124 e. The fourth-order valence-corrected chi connectivity index (χ4v) is 2.71. The zero-order valence-electron chi connectivity index (χ0n) is 12.6. The summed E-state index contributed by atoms with van der Waals surface area (Å²) in [7, 11) is 0. The van der Waals surface area contributed by atoms with Crippen molar-refractivity contribution < 1.29 is 14.2 Å².